The van der Waals surface area contributed by atoms with Gasteiger partial charge in [0.2, 0.25) is 5.91 Å². The van der Waals surface area contributed by atoms with Crippen LogP contribution in [-0.4, -0.2) is 5.91 Å². The summed E-state index contributed by atoms with van der Waals surface area (Å²) in [4.78, 5) is 11.8. The van der Waals surface area contributed by atoms with Crippen LogP contribution >= 0.6 is 0 Å². The molecule has 1 amide bonds. The first-order valence-corrected chi connectivity index (χ1v) is 6.78. The molecule has 0 bridgehead atoms. The van der Waals surface area contributed by atoms with E-state index in [1.54, 1.807) is 0 Å². The number of hydrogen-bond acceptors (Lipinski definition) is 1. The first-order chi connectivity index (χ1) is 10.4. The second-order valence-electron chi connectivity index (χ2n) is 4.95. The molecule has 0 aliphatic heterocycles. The standard InChI is InChI=1S/C16H15F3N2O/c1-12-6-9-21(10-7-12)11-8-15(22)20-14-5-3-2-4-13(14)16(17,18)19/h2-7,9-10H,8,11H2,1H3/p+1. The molecular weight excluding hydrogens is 293 g/mol. The van der Waals surface area contributed by atoms with Gasteiger partial charge in [0, 0.05) is 12.1 Å². The van der Waals surface area contributed by atoms with Crippen LogP contribution in [0.15, 0.2) is 48.8 Å². The van der Waals surface area contributed by atoms with Crippen LogP contribution in [0.5, 0.6) is 0 Å². The molecular formula is C16H16F3N2O+. The summed E-state index contributed by atoms with van der Waals surface area (Å²) >= 11 is 0. The summed E-state index contributed by atoms with van der Waals surface area (Å²) in [6, 6.07) is 8.75. The molecule has 0 spiro atoms. The second kappa shape index (κ2) is 6.60. The fraction of sp³-hybridized carbons (Fsp3) is 0.250. The van der Waals surface area contributed by atoms with Crippen molar-refractivity contribution in [1.29, 1.82) is 0 Å². The highest BCUT2D eigenvalue weighted by molar-refractivity contribution is 5.91. The lowest BCUT2D eigenvalue weighted by Gasteiger charge is -2.13. The first kappa shape index (κ1) is 16.0. The molecule has 1 heterocycles. The average Bonchev–Trinajstić information content (AvgIpc) is 2.46. The van der Waals surface area contributed by atoms with Crippen LogP contribution in [0.1, 0.15) is 17.5 Å². The van der Waals surface area contributed by atoms with Crippen molar-refractivity contribution in [3.63, 3.8) is 0 Å². The number of nitrogens with one attached hydrogen (secondary N) is 1. The molecule has 116 valence electrons. The van der Waals surface area contributed by atoms with E-state index in [1.807, 2.05) is 36.0 Å². The van der Waals surface area contributed by atoms with E-state index >= 15 is 0 Å². The molecule has 1 aromatic carbocycles. The third-order valence-corrected chi connectivity index (χ3v) is 3.16. The van der Waals surface area contributed by atoms with Crippen molar-refractivity contribution in [3.05, 3.63) is 59.9 Å². The molecule has 0 unspecified atom stereocenters. The number of pyridine rings is 1. The van der Waals surface area contributed by atoms with Crippen LogP contribution in [0.3, 0.4) is 0 Å². The summed E-state index contributed by atoms with van der Waals surface area (Å²) in [6.45, 7) is 2.35. The van der Waals surface area contributed by atoms with Gasteiger partial charge in [0.1, 0.15) is 0 Å². The lowest BCUT2D eigenvalue weighted by molar-refractivity contribution is -0.695. The zero-order chi connectivity index (χ0) is 16.2. The summed E-state index contributed by atoms with van der Waals surface area (Å²) < 4.78 is 40.3. The lowest BCUT2D eigenvalue weighted by atomic mass is 10.1. The minimum atomic E-state index is -4.49. The number of anilines is 1. The van der Waals surface area contributed by atoms with Crippen LogP contribution in [0.4, 0.5) is 18.9 Å². The Labute approximate surface area is 126 Å². The third kappa shape index (κ3) is 4.31. The van der Waals surface area contributed by atoms with Gasteiger partial charge in [-0.1, -0.05) is 12.1 Å². The predicted molar refractivity (Wildman–Crippen MR) is 76.1 cm³/mol. The zero-order valence-electron chi connectivity index (χ0n) is 12.0. The second-order valence-corrected chi connectivity index (χ2v) is 4.95. The molecule has 2 aromatic rings. The largest absolute Gasteiger partial charge is 0.418 e. The number of rotatable bonds is 4. The van der Waals surface area contributed by atoms with E-state index < -0.39 is 17.6 Å². The topological polar surface area (TPSA) is 33.0 Å². The monoisotopic (exact) mass is 309 g/mol. The maximum absolute atomic E-state index is 12.8. The molecule has 0 aliphatic rings. The van der Waals surface area contributed by atoms with Gasteiger partial charge in [0.25, 0.3) is 0 Å². The van der Waals surface area contributed by atoms with Crippen LogP contribution in [0.2, 0.25) is 0 Å². The zero-order valence-corrected chi connectivity index (χ0v) is 12.0. The third-order valence-electron chi connectivity index (χ3n) is 3.16. The molecule has 22 heavy (non-hydrogen) atoms. The summed E-state index contributed by atoms with van der Waals surface area (Å²) in [6.07, 6.45) is -0.742. The molecule has 0 fully saturated rings. The van der Waals surface area contributed by atoms with Gasteiger partial charge in [-0.2, -0.15) is 13.2 Å². The fourth-order valence-electron chi connectivity index (χ4n) is 1.96. The number of carbonyl (C=O) groups excluding carboxylic acids is 1. The number of hydrogen-bond donors (Lipinski definition) is 1. The van der Waals surface area contributed by atoms with Gasteiger partial charge in [0.05, 0.1) is 17.7 Å². The Balaban J connectivity index is 1.99. The van der Waals surface area contributed by atoms with E-state index in [4.69, 9.17) is 0 Å². The number of carbonyl (C=O) groups is 1. The molecule has 1 aromatic heterocycles. The molecule has 0 aliphatic carbocycles. The Morgan fingerprint density at radius 1 is 1.14 bits per heavy atom. The van der Waals surface area contributed by atoms with Crippen LogP contribution in [0, 0.1) is 6.92 Å². The maximum atomic E-state index is 12.8. The van der Waals surface area contributed by atoms with Crippen molar-refractivity contribution in [2.45, 2.75) is 26.1 Å². The molecule has 2 rings (SSSR count). The van der Waals surface area contributed by atoms with Crippen molar-refractivity contribution in [1.82, 2.24) is 0 Å². The molecule has 0 saturated carbocycles. The van der Waals surface area contributed by atoms with E-state index in [0.717, 1.165) is 11.6 Å². The quantitative estimate of drug-likeness (QED) is 0.864. The molecule has 3 nitrogen and oxygen atoms in total. The Kier molecular flexibility index (Phi) is 4.80. The minimum Gasteiger partial charge on any atom is -0.325 e. The number of halogens is 3. The van der Waals surface area contributed by atoms with E-state index in [-0.39, 0.29) is 12.1 Å². The van der Waals surface area contributed by atoms with Gasteiger partial charge in [-0.05, 0) is 24.6 Å². The highest BCUT2D eigenvalue weighted by Gasteiger charge is 2.33. The Morgan fingerprint density at radius 3 is 2.41 bits per heavy atom. The normalized spacial score (nSPS) is 11.3. The SMILES string of the molecule is Cc1cc[n+](CCC(=O)Nc2ccccc2C(F)(F)F)cc1. The van der Waals surface area contributed by atoms with Crippen LogP contribution < -0.4 is 9.88 Å². The summed E-state index contributed by atoms with van der Waals surface area (Å²) in [5, 5.41) is 2.33. The molecule has 0 saturated heterocycles. The van der Waals surface area contributed by atoms with E-state index in [9.17, 15) is 18.0 Å². The fourth-order valence-corrected chi connectivity index (χ4v) is 1.96. The molecule has 0 atom stereocenters. The molecule has 1 N–H and O–H groups in total. The van der Waals surface area contributed by atoms with Gasteiger partial charge >= 0.3 is 6.18 Å². The summed E-state index contributed by atoms with van der Waals surface area (Å²) in [7, 11) is 0. The minimum absolute atomic E-state index is 0.0971. The van der Waals surface area contributed by atoms with Gasteiger partial charge in [0.15, 0.2) is 18.9 Å². The number of nitrogens with zero attached hydrogens (tertiary/aromatic N) is 1. The number of alkyl halides is 3. The van der Waals surface area contributed by atoms with E-state index in [1.165, 1.54) is 18.2 Å². The number of para-hydroxylation sites is 1. The number of aryl methyl sites for hydroxylation is 2. The van der Waals surface area contributed by atoms with Gasteiger partial charge in [-0.3, -0.25) is 4.79 Å². The van der Waals surface area contributed by atoms with E-state index in [0.29, 0.717) is 6.54 Å². The number of aromatic nitrogens is 1. The number of amides is 1. The van der Waals surface area contributed by atoms with Crippen LogP contribution in [-0.2, 0) is 17.5 Å². The highest BCUT2D eigenvalue weighted by atomic mass is 19.4. The maximum Gasteiger partial charge on any atom is 0.418 e. The Morgan fingerprint density at radius 2 is 1.77 bits per heavy atom. The Hall–Kier alpha value is -2.37. The smallest absolute Gasteiger partial charge is 0.325 e. The van der Waals surface area contributed by atoms with E-state index in [2.05, 4.69) is 5.32 Å². The van der Waals surface area contributed by atoms with Crippen LogP contribution in [0.25, 0.3) is 0 Å². The molecule has 6 heteroatoms. The molecule has 0 radical (unpaired) electrons. The lowest BCUT2D eigenvalue weighted by Crippen LogP contribution is -2.34. The predicted octanol–water partition coefficient (Wildman–Crippen LogP) is 3.33. The average molecular weight is 309 g/mol. The van der Waals surface area contributed by atoms with Gasteiger partial charge in [-0.25, -0.2) is 4.57 Å². The van der Waals surface area contributed by atoms with Crippen molar-refractivity contribution in [2.75, 3.05) is 5.32 Å². The van der Waals surface area contributed by atoms with Crippen molar-refractivity contribution < 1.29 is 22.5 Å². The highest BCUT2D eigenvalue weighted by Crippen LogP contribution is 2.34. The van der Waals surface area contributed by atoms with Crippen molar-refractivity contribution in [2.24, 2.45) is 0 Å². The number of benzene rings is 1. The Bertz CT molecular complexity index is 651. The van der Waals surface area contributed by atoms with Crippen molar-refractivity contribution >= 4 is 11.6 Å². The van der Waals surface area contributed by atoms with Gasteiger partial charge < -0.3 is 5.32 Å². The summed E-state index contributed by atoms with van der Waals surface area (Å²) in [5.41, 5.74) is 0.0417. The first-order valence-electron chi connectivity index (χ1n) is 6.78. The van der Waals surface area contributed by atoms with Gasteiger partial charge in [-0.15, -0.1) is 0 Å². The van der Waals surface area contributed by atoms with Crippen molar-refractivity contribution in [3.8, 4) is 0 Å². The summed E-state index contributed by atoms with van der Waals surface area (Å²) in [5.74, 6) is -0.454.